The number of H-pyrrole nitrogens is 1. The van der Waals surface area contributed by atoms with Gasteiger partial charge in [0, 0.05) is 17.6 Å². The highest BCUT2D eigenvalue weighted by Crippen LogP contribution is 2.29. The van der Waals surface area contributed by atoms with E-state index in [4.69, 9.17) is 11.6 Å². The molecule has 1 atom stereocenters. The Labute approximate surface area is 151 Å². The van der Waals surface area contributed by atoms with Crippen molar-refractivity contribution in [3.05, 3.63) is 47.0 Å². The maximum absolute atomic E-state index is 14.0. The first-order chi connectivity index (χ1) is 12.4. The standard InChI is InChI=1S/C15H10ClF4N3O2S/c16-8-2-1-7-11(6-21-13(7)12(8)19)26(24)23-15-9(18)5-10(14(20)22-15)25-4-3-17/h1-2,5-6,21H,3-4H2,(H,22,23). The van der Waals surface area contributed by atoms with Crippen molar-refractivity contribution in [2.75, 3.05) is 18.0 Å². The Hall–Kier alpha value is -2.33. The summed E-state index contributed by atoms with van der Waals surface area (Å²) in [7, 11) is -2.08. The maximum atomic E-state index is 14.0. The van der Waals surface area contributed by atoms with Crippen molar-refractivity contribution in [2.24, 2.45) is 0 Å². The molecule has 0 fully saturated rings. The van der Waals surface area contributed by atoms with Crippen LogP contribution in [0.2, 0.25) is 5.02 Å². The van der Waals surface area contributed by atoms with E-state index in [1.807, 2.05) is 0 Å². The van der Waals surface area contributed by atoms with Crippen LogP contribution in [0, 0.1) is 17.6 Å². The third kappa shape index (κ3) is 3.47. The molecule has 0 aliphatic heterocycles. The lowest BCUT2D eigenvalue weighted by molar-refractivity contribution is 0.258. The van der Waals surface area contributed by atoms with Crippen molar-refractivity contribution >= 4 is 39.3 Å². The molecule has 0 amide bonds. The molecule has 0 aliphatic carbocycles. The van der Waals surface area contributed by atoms with E-state index in [-0.39, 0.29) is 20.8 Å². The van der Waals surface area contributed by atoms with Crippen LogP contribution in [0.4, 0.5) is 23.4 Å². The number of nitrogens with zero attached hydrogens (tertiary/aromatic N) is 1. The number of aromatic nitrogens is 2. The van der Waals surface area contributed by atoms with Gasteiger partial charge in [0.25, 0.3) is 5.95 Å². The van der Waals surface area contributed by atoms with Gasteiger partial charge in [-0.2, -0.15) is 9.37 Å². The van der Waals surface area contributed by atoms with Gasteiger partial charge in [0.1, 0.15) is 13.3 Å². The zero-order chi connectivity index (χ0) is 18.8. The van der Waals surface area contributed by atoms with Crippen LogP contribution in [0.1, 0.15) is 0 Å². The molecule has 0 radical (unpaired) electrons. The van der Waals surface area contributed by atoms with E-state index < -0.39 is 53.4 Å². The summed E-state index contributed by atoms with van der Waals surface area (Å²) in [5, 5.41) is 0.129. The molecule has 0 bridgehead atoms. The van der Waals surface area contributed by atoms with E-state index in [1.54, 1.807) is 0 Å². The molecule has 11 heteroatoms. The van der Waals surface area contributed by atoms with Crippen LogP contribution in [0.25, 0.3) is 10.9 Å². The van der Waals surface area contributed by atoms with E-state index in [0.717, 1.165) is 0 Å². The fourth-order valence-corrected chi connectivity index (χ4v) is 3.30. The van der Waals surface area contributed by atoms with Crippen LogP contribution in [-0.2, 0) is 11.0 Å². The van der Waals surface area contributed by atoms with Gasteiger partial charge in [0.15, 0.2) is 34.2 Å². The van der Waals surface area contributed by atoms with Crippen LogP contribution < -0.4 is 9.46 Å². The summed E-state index contributed by atoms with van der Waals surface area (Å²) >= 11 is 5.67. The topological polar surface area (TPSA) is 67.0 Å². The molecule has 0 spiro atoms. The Morgan fingerprint density at radius 3 is 2.81 bits per heavy atom. The largest absolute Gasteiger partial charge is 0.486 e. The average Bonchev–Trinajstić information content (AvgIpc) is 3.04. The molecule has 2 heterocycles. The summed E-state index contributed by atoms with van der Waals surface area (Å²) in [6.45, 7) is -1.34. The van der Waals surface area contributed by atoms with E-state index in [9.17, 15) is 21.8 Å². The Bertz CT molecular complexity index is 999. The monoisotopic (exact) mass is 407 g/mol. The number of alkyl halides is 1. The molecule has 138 valence electrons. The first kappa shape index (κ1) is 18.5. The number of aromatic amines is 1. The number of nitrogens with one attached hydrogen (secondary N) is 2. The fourth-order valence-electron chi connectivity index (χ4n) is 2.18. The summed E-state index contributed by atoms with van der Waals surface area (Å²) in [4.78, 5) is 5.97. The Balaban J connectivity index is 1.89. The average molecular weight is 408 g/mol. The second kappa shape index (κ2) is 7.50. The van der Waals surface area contributed by atoms with Gasteiger partial charge >= 0.3 is 0 Å². The predicted octanol–water partition coefficient (Wildman–Crippen LogP) is 4.12. The van der Waals surface area contributed by atoms with Crippen molar-refractivity contribution < 1.29 is 26.5 Å². The van der Waals surface area contributed by atoms with Crippen LogP contribution in [0.3, 0.4) is 0 Å². The maximum Gasteiger partial charge on any atom is 0.257 e. The number of hydrogen-bond acceptors (Lipinski definition) is 3. The minimum Gasteiger partial charge on any atom is -0.486 e. The van der Waals surface area contributed by atoms with Gasteiger partial charge in [-0.15, -0.1) is 0 Å². The smallest absolute Gasteiger partial charge is 0.257 e. The van der Waals surface area contributed by atoms with Gasteiger partial charge in [-0.1, -0.05) is 11.6 Å². The Morgan fingerprint density at radius 2 is 2.08 bits per heavy atom. The molecule has 0 saturated carbocycles. The van der Waals surface area contributed by atoms with E-state index in [2.05, 4.69) is 19.4 Å². The quantitative estimate of drug-likeness (QED) is 0.477. The number of anilines is 1. The summed E-state index contributed by atoms with van der Waals surface area (Å²) in [5.74, 6) is -4.19. The van der Waals surface area contributed by atoms with Crippen LogP contribution in [0.15, 0.2) is 29.3 Å². The van der Waals surface area contributed by atoms with Gasteiger partial charge in [-0.25, -0.2) is 17.4 Å². The third-order valence-electron chi connectivity index (χ3n) is 3.33. The molecule has 3 aromatic rings. The zero-order valence-electron chi connectivity index (χ0n) is 12.8. The molecule has 0 aliphatic rings. The molecule has 0 saturated heterocycles. The predicted molar refractivity (Wildman–Crippen MR) is 88.9 cm³/mol. The first-order valence-electron chi connectivity index (χ1n) is 7.10. The van der Waals surface area contributed by atoms with Gasteiger partial charge in [0.2, 0.25) is 0 Å². The summed E-state index contributed by atoms with van der Waals surface area (Å²) < 4.78 is 73.0. The van der Waals surface area contributed by atoms with E-state index in [0.29, 0.717) is 6.07 Å². The molecule has 1 aromatic carbocycles. The Kier molecular flexibility index (Phi) is 5.33. The van der Waals surface area contributed by atoms with Crippen molar-refractivity contribution in [2.45, 2.75) is 4.90 Å². The molecule has 5 nitrogen and oxygen atoms in total. The highest BCUT2D eigenvalue weighted by atomic mass is 35.5. The minimum absolute atomic E-state index is 0.0252. The highest BCUT2D eigenvalue weighted by Gasteiger charge is 2.19. The summed E-state index contributed by atoms with van der Waals surface area (Å²) in [6, 6.07) is 3.37. The molecule has 1 unspecified atom stereocenters. The second-order valence-electron chi connectivity index (χ2n) is 4.95. The van der Waals surface area contributed by atoms with Gasteiger partial charge in [-0.05, 0) is 12.1 Å². The number of ether oxygens (including phenoxy) is 1. The van der Waals surface area contributed by atoms with E-state index >= 15 is 0 Å². The lowest BCUT2D eigenvalue weighted by Gasteiger charge is -2.09. The lowest BCUT2D eigenvalue weighted by atomic mass is 10.2. The van der Waals surface area contributed by atoms with Crippen LogP contribution in [-0.4, -0.2) is 27.5 Å². The van der Waals surface area contributed by atoms with Crippen LogP contribution in [0.5, 0.6) is 5.75 Å². The van der Waals surface area contributed by atoms with Crippen LogP contribution >= 0.6 is 11.6 Å². The number of rotatable bonds is 6. The first-order valence-corrected chi connectivity index (χ1v) is 8.63. The molecular formula is C15H10ClF4N3O2S. The highest BCUT2D eigenvalue weighted by molar-refractivity contribution is 7.86. The number of hydrogen-bond donors (Lipinski definition) is 2. The molecule has 26 heavy (non-hydrogen) atoms. The fraction of sp³-hybridized carbons (Fsp3) is 0.133. The van der Waals surface area contributed by atoms with Crippen molar-refractivity contribution in [1.82, 2.24) is 9.97 Å². The van der Waals surface area contributed by atoms with Gasteiger partial charge < -0.3 is 9.72 Å². The number of fused-ring (bicyclic) bond motifs is 1. The van der Waals surface area contributed by atoms with Gasteiger partial charge in [-0.3, -0.25) is 4.72 Å². The van der Waals surface area contributed by atoms with Crippen molar-refractivity contribution in [3.8, 4) is 5.75 Å². The summed E-state index contributed by atoms with van der Waals surface area (Å²) in [5.41, 5.74) is 0.0252. The molecule has 3 rings (SSSR count). The Morgan fingerprint density at radius 1 is 1.31 bits per heavy atom. The van der Waals surface area contributed by atoms with Gasteiger partial charge in [0.05, 0.1) is 15.4 Å². The minimum atomic E-state index is -2.08. The molecular weight excluding hydrogens is 398 g/mol. The molecule has 2 aromatic heterocycles. The molecule has 2 N–H and O–H groups in total. The normalized spacial score (nSPS) is 12.3. The van der Waals surface area contributed by atoms with Crippen molar-refractivity contribution in [1.29, 1.82) is 0 Å². The summed E-state index contributed by atoms with van der Waals surface area (Å²) in [6.07, 6.45) is 1.25. The second-order valence-corrected chi connectivity index (χ2v) is 6.54. The zero-order valence-corrected chi connectivity index (χ0v) is 14.4. The van der Waals surface area contributed by atoms with Crippen molar-refractivity contribution in [3.63, 3.8) is 0 Å². The lowest BCUT2D eigenvalue weighted by Crippen LogP contribution is -2.10. The SMILES string of the molecule is O=S(Nc1nc(F)c(OCCF)cc1F)c1c[nH]c2c(F)c(Cl)ccc12. The number of benzene rings is 1. The number of halogens is 5. The third-order valence-corrected chi connectivity index (χ3v) is 4.74. The number of pyridine rings is 1. The van der Waals surface area contributed by atoms with E-state index in [1.165, 1.54) is 18.3 Å².